The fraction of sp³-hybridized carbons (Fsp3) is 0.429. The third-order valence-electron chi connectivity index (χ3n) is 3.16. The second kappa shape index (κ2) is 6.53. The van der Waals surface area contributed by atoms with Gasteiger partial charge in [0, 0.05) is 5.69 Å². The molecule has 1 unspecified atom stereocenters. The monoisotopic (exact) mass is 294 g/mol. The predicted molar refractivity (Wildman–Crippen MR) is 78.0 cm³/mol. The van der Waals surface area contributed by atoms with Gasteiger partial charge in [0.2, 0.25) is 5.91 Å². The van der Waals surface area contributed by atoms with E-state index in [9.17, 15) is 13.2 Å². The van der Waals surface area contributed by atoms with Gasteiger partial charge in [-0.15, -0.1) is 0 Å². The number of carbonyl (C=O) groups is 1. The Morgan fingerprint density at radius 1 is 1.45 bits per heavy atom. The Morgan fingerprint density at radius 3 is 2.65 bits per heavy atom. The molecule has 108 valence electrons. The van der Waals surface area contributed by atoms with Crippen LogP contribution in [-0.4, -0.2) is 25.3 Å². The first-order valence-corrected chi connectivity index (χ1v) is 8.03. The van der Waals surface area contributed by atoms with Crippen LogP contribution in [0, 0.1) is 18.3 Å². The van der Waals surface area contributed by atoms with Crippen LogP contribution in [0.2, 0.25) is 0 Å². The van der Waals surface area contributed by atoms with Gasteiger partial charge < -0.3 is 5.32 Å². The number of sulfone groups is 1. The lowest BCUT2D eigenvalue weighted by Gasteiger charge is -2.16. The number of aryl methyl sites for hydroxylation is 2. The summed E-state index contributed by atoms with van der Waals surface area (Å²) >= 11 is 0. The predicted octanol–water partition coefficient (Wildman–Crippen LogP) is 1.82. The van der Waals surface area contributed by atoms with Crippen LogP contribution in [0.5, 0.6) is 0 Å². The summed E-state index contributed by atoms with van der Waals surface area (Å²) in [4.78, 5) is 12.1. The van der Waals surface area contributed by atoms with Crippen molar-refractivity contribution in [3.63, 3.8) is 0 Å². The Hall–Kier alpha value is -1.87. The number of rotatable bonds is 5. The molecule has 1 N–H and O–H groups in total. The second-order valence-electron chi connectivity index (χ2n) is 4.56. The molecule has 0 bridgehead atoms. The van der Waals surface area contributed by atoms with Crippen molar-refractivity contribution in [2.24, 2.45) is 0 Å². The molecule has 5 nitrogen and oxygen atoms in total. The number of hydrogen-bond donors (Lipinski definition) is 1. The van der Waals surface area contributed by atoms with Crippen LogP contribution in [0.15, 0.2) is 18.2 Å². The molecule has 1 aromatic rings. The molecule has 0 radical (unpaired) electrons. The van der Waals surface area contributed by atoms with Gasteiger partial charge in [-0.2, -0.15) is 5.26 Å². The maximum Gasteiger partial charge on any atom is 0.242 e. The first-order valence-electron chi connectivity index (χ1n) is 6.31. The minimum absolute atomic E-state index is 0.607. The van der Waals surface area contributed by atoms with Crippen molar-refractivity contribution in [3.05, 3.63) is 29.3 Å². The molecule has 0 aliphatic carbocycles. The molecule has 1 amide bonds. The molecule has 0 saturated heterocycles. The first-order chi connectivity index (χ1) is 9.33. The SMILES string of the molecule is CCc1cccc(C)c1NC(=O)C(C)S(=O)(=O)CC#N. The highest BCUT2D eigenvalue weighted by Gasteiger charge is 2.28. The average Bonchev–Trinajstić information content (AvgIpc) is 2.39. The Bertz CT molecular complexity index is 645. The van der Waals surface area contributed by atoms with Gasteiger partial charge in [0.05, 0.1) is 6.07 Å². The molecule has 6 heteroatoms. The van der Waals surface area contributed by atoms with Crippen molar-refractivity contribution in [2.75, 3.05) is 11.1 Å². The normalized spacial score (nSPS) is 12.5. The highest BCUT2D eigenvalue weighted by atomic mass is 32.2. The maximum atomic E-state index is 12.1. The highest BCUT2D eigenvalue weighted by molar-refractivity contribution is 7.92. The first kappa shape index (κ1) is 16.2. The summed E-state index contributed by atoms with van der Waals surface area (Å²) in [7, 11) is -3.74. The molecule has 0 aromatic heterocycles. The molecule has 20 heavy (non-hydrogen) atoms. The van der Waals surface area contributed by atoms with Gasteiger partial charge in [-0.3, -0.25) is 4.79 Å². The molecule has 0 saturated carbocycles. The Kier molecular flexibility index (Phi) is 5.28. The van der Waals surface area contributed by atoms with Crippen molar-refractivity contribution in [1.29, 1.82) is 5.26 Å². The molecular weight excluding hydrogens is 276 g/mol. The van der Waals surface area contributed by atoms with E-state index in [1.807, 2.05) is 32.0 Å². The minimum atomic E-state index is -3.74. The van der Waals surface area contributed by atoms with Crippen molar-refractivity contribution in [2.45, 2.75) is 32.4 Å². The van der Waals surface area contributed by atoms with Crippen LogP contribution >= 0.6 is 0 Å². The number of nitrogens with zero attached hydrogens (tertiary/aromatic N) is 1. The lowest BCUT2D eigenvalue weighted by molar-refractivity contribution is -0.115. The van der Waals surface area contributed by atoms with Crippen molar-refractivity contribution >= 4 is 21.4 Å². The smallest absolute Gasteiger partial charge is 0.242 e. The molecule has 0 fully saturated rings. The summed E-state index contributed by atoms with van der Waals surface area (Å²) in [5.74, 6) is -1.26. The van der Waals surface area contributed by atoms with E-state index in [-0.39, 0.29) is 0 Å². The van der Waals surface area contributed by atoms with Crippen LogP contribution in [0.1, 0.15) is 25.0 Å². The van der Waals surface area contributed by atoms with E-state index in [0.29, 0.717) is 5.69 Å². The number of nitrogens with one attached hydrogen (secondary N) is 1. The molecule has 0 aliphatic rings. The van der Waals surface area contributed by atoms with Crippen LogP contribution < -0.4 is 5.32 Å². The number of amides is 1. The number of benzene rings is 1. The van der Waals surface area contributed by atoms with Crippen LogP contribution in [0.4, 0.5) is 5.69 Å². The van der Waals surface area contributed by atoms with E-state index in [4.69, 9.17) is 5.26 Å². The standard InChI is InChI=1S/C14H18N2O3S/c1-4-12-7-5-6-10(2)13(12)16-14(17)11(3)20(18,19)9-8-15/h5-7,11H,4,9H2,1-3H3,(H,16,17). The zero-order valence-electron chi connectivity index (χ0n) is 11.8. The number of nitriles is 1. The zero-order valence-corrected chi connectivity index (χ0v) is 12.6. The Labute approximate surface area is 119 Å². The largest absolute Gasteiger partial charge is 0.324 e. The Morgan fingerprint density at radius 2 is 2.10 bits per heavy atom. The van der Waals surface area contributed by atoms with Crippen LogP contribution in [-0.2, 0) is 21.1 Å². The zero-order chi connectivity index (χ0) is 15.3. The lowest BCUT2D eigenvalue weighted by Crippen LogP contribution is -2.34. The van der Waals surface area contributed by atoms with Gasteiger partial charge in [-0.1, -0.05) is 25.1 Å². The summed E-state index contributed by atoms with van der Waals surface area (Å²) < 4.78 is 23.4. The maximum absolute atomic E-state index is 12.1. The summed E-state index contributed by atoms with van der Waals surface area (Å²) in [5, 5.41) is 9.91. The highest BCUT2D eigenvalue weighted by Crippen LogP contribution is 2.21. The van der Waals surface area contributed by atoms with Crippen LogP contribution in [0.3, 0.4) is 0 Å². The van der Waals surface area contributed by atoms with Crippen LogP contribution in [0.25, 0.3) is 0 Å². The fourth-order valence-corrected chi connectivity index (χ4v) is 2.62. The summed E-state index contributed by atoms with van der Waals surface area (Å²) in [6, 6.07) is 7.20. The average molecular weight is 294 g/mol. The molecule has 1 atom stereocenters. The molecule has 0 aliphatic heterocycles. The second-order valence-corrected chi connectivity index (χ2v) is 6.88. The number of anilines is 1. The van der Waals surface area contributed by atoms with E-state index < -0.39 is 26.7 Å². The van der Waals surface area contributed by atoms with E-state index in [0.717, 1.165) is 17.5 Å². The lowest BCUT2D eigenvalue weighted by atomic mass is 10.1. The summed E-state index contributed by atoms with van der Waals surface area (Å²) in [6.07, 6.45) is 0.733. The number of carbonyl (C=O) groups excluding carboxylic acids is 1. The number of para-hydroxylation sites is 1. The van der Waals surface area contributed by atoms with Gasteiger partial charge in [-0.25, -0.2) is 8.42 Å². The van der Waals surface area contributed by atoms with Gasteiger partial charge in [0.25, 0.3) is 0 Å². The van der Waals surface area contributed by atoms with E-state index in [2.05, 4.69) is 5.32 Å². The van der Waals surface area contributed by atoms with Gasteiger partial charge >= 0.3 is 0 Å². The van der Waals surface area contributed by atoms with E-state index in [1.54, 1.807) is 6.07 Å². The van der Waals surface area contributed by atoms with Crippen molar-refractivity contribution < 1.29 is 13.2 Å². The number of hydrogen-bond acceptors (Lipinski definition) is 4. The van der Waals surface area contributed by atoms with Gasteiger partial charge in [-0.05, 0) is 31.4 Å². The van der Waals surface area contributed by atoms with Gasteiger partial charge in [0.1, 0.15) is 11.0 Å². The topological polar surface area (TPSA) is 87.0 Å². The molecule has 1 aromatic carbocycles. The quantitative estimate of drug-likeness (QED) is 0.897. The third-order valence-corrected chi connectivity index (χ3v) is 4.98. The van der Waals surface area contributed by atoms with Crippen molar-refractivity contribution in [3.8, 4) is 6.07 Å². The molecule has 0 heterocycles. The minimum Gasteiger partial charge on any atom is -0.324 e. The third kappa shape index (κ3) is 3.58. The summed E-state index contributed by atoms with van der Waals surface area (Å²) in [5.41, 5.74) is 2.48. The molecule has 0 spiro atoms. The molecular formula is C14H18N2O3S. The van der Waals surface area contributed by atoms with Crippen molar-refractivity contribution in [1.82, 2.24) is 0 Å². The fourth-order valence-electron chi connectivity index (χ4n) is 1.80. The summed E-state index contributed by atoms with van der Waals surface area (Å²) in [6.45, 7) is 5.11. The van der Waals surface area contributed by atoms with E-state index in [1.165, 1.54) is 6.92 Å². The Balaban J connectivity index is 3.01. The molecule has 1 rings (SSSR count). The van der Waals surface area contributed by atoms with Gasteiger partial charge in [0.15, 0.2) is 9.84 Å². The van der Waals surface area contributed by atoms with E-state index >= 15 is 0 Å².